The predicted octanol–water partition coefficient (Wildman–Crippen LogP) is 3.53. The Morgan fingerprint density at radius 2 is 2.24 bits per heavy atom. The van der Waals surface area contributed by atoms with Gasteiger partial charge in [0, 0.05) is 24.6 Å². The first-order chi connectivity index (χ1) is 10.2. The Kier molecular flexibility index (Phi) is 4.77. The summed E-state index contributed by atoms with van der Waals surface area (Å²) in [5, 5.41) is 0. The van der Waals surface area contributed by atoms with Crippen LogP contribution in [-0.4, -0.2) is 29.8 Å². The van der Waals surface area contributed by atoms with Crippen LogP contribution in [0.4, 0.5) is 0 Å². The van der Waals surface area contributed by atoms with Gasteiger partial charge >= 0.3 is 0 Å². The second-order valence-corrected chi connectivity index (χ2v) is 7.26. The third-order valence-electron chi connectivity index (χ3n) is 4.57. The summed E-state index contributed by atoms with van der Waals surface area (Å²) >= 11 is 2.00. The van der Waals surface area contributed by atoms with Crippen LogP contribution in [0.25, 0.3) is 0 Å². The van der Waals surface area contributed by atoms with Gasteiger partial charge in [0.1, 0.15) is 11.9 Å². The van der Waals surface area contributed by atoms with Gasteiger partial charge in [0.05, 0.1) is 12.2 Å². The minimum atomic E-state index is 0.0814. The largest absolute Gasteiger partial charge is 0.490 e. The summed E-state index contributed by atoms with van der Waals surface area (Å²) in [7, 11) is 0. The summed E-state index contributed by atoms with van der Waals surface area (Å²) < 4.78 is 12.2. The van der Waals surface area contributed by atoms with E-state index in [9.17, 15) is 0 Å². The lowest BCUT2D eigenvalue weighted by molar-refractivity contribution is -0.0958. The van der Waals surface area contributed by atoms with Crippen molar-refractivity contribution in [1.29, 1.82) is 0 Å². The molecule has 2 heterocycles. The molecule has 3 rings (SSSR count). The molecule has 21 heavy (non-hydrogen) atoms. The maximum Gasteiger partial charge on any atom is 0.119 e. The van der Waals surface area contributed by atoms with Gasteiger partial charge in [-0.2, -0.15) is 11.8 Å². The first kappa shape index (κ1) is 15.2. The van der Waals surface area contributed by atoms with E-state index in [1.54, 1.807) is 0 Å². The summed E-state index contributed by atoms with van der Waals surface area (Å²) in [5.41, 5.74) is 7.31. The van der Waals surface area contributed by atoms with Crippen molar-refractivity contribution in [2.75, 3.05) is 18.1 Å². The van der Waals surface area contributed by atoms with E-state index in [1.165, 1.54) is 17.7 Å². The Morgan fingerprint density at radius 1 is 1.43 bits per heavy atom. The van der Waals surface area contributed by atoms with E-state index >= 15 is 0 Å². The van der Waals surface area contributed by atoms with Crippen LogP contribution >= 0.6 is 11.8 Å². The van der Waals surface area contributed by atoms with E-state index in [1.807, 2.05) is 11.8 Å². The molecule has 0 amide bonds. The summed E-state index contributed by atoms with van der Waals surface area (Å²) in [4.78, 5) is 0. The zero-order valence-electron chi connectivity index (χ0n) is 12.7. The van der Waals surface area contributed by atoms with Crippen molar-refractivity contribution in [3.63, 3.8) is 0 Å². The molecular formula is C17H25NO2S. The van der Waals surface area contributed by atoms with Crippen LogP contribution in [0.2, 0.25) is 0 Å². The van der Waals surface area contributed by atoms with Gasteiger partial charge in [-0.15, -0.1) is 0 Å². The first-order valence-electron chi connectivity index (χ1n) is 7.95. The van der Waals surface area contributed by atoms with Crippen molar-refractivity contribution in [1.82, 2.24) is 0 Å². The van der Waals surface area contributed by atoms with E-state index in [2.05, 4.69) is 31.2 Å². The lowest BCUT2D eigenvalue weighted by Crippen LogP contribution is -2.43. The molecule has 0 radical (unpaired) electrons. The number of nitrogens with two attached hydrogens (primary N) is 1. The van der Waals surface area contributed by atoms with Gasteiger partial charge in [-0.1, -0.05) is 19.1 Å². The van der Waals surface area contributed by atoms with Crippen molar-refractivity contribution in [2.24, 2.45) is 5.73 Å². The highest BCUT2D eigenvalue weighted by Crippen LogP contribution is 2.39. The molecule has 0 bridgehead atoms. The van der Waals surface area contributed by atoms with Gasteiger partial charge in [-0.05, 0) is 36.3 Å². The van der Waals surface area contributed by atoms with Crippen molar-refractivity contribution in [3.8, 4) is 5.75 Å². The first-order valence-corrected chi connectivity index (χ1v) is 9.10. The van der Waals surface area contributed by atoms with Gasteiger partial charge < -0.3 is 15.2 Å². The smallest absolute Gasteiger partial charge is 0.119 e. The van der Waals surface area contributed by atoms with Gasteiger partial charge in [-0.3, -0.25) is 0 Å². The van der Waals surface area contributed by atoms with Crippen LogP contribution in [0.3, 0.4) is 0 Å². The molecule has 3 nitrogen and oxygen atoms in total. The molecule has 1 aromatic rings. The number of thioether (sulfide) groups is 1. The topological polar surface area (TPSA) is 44.5 Å². The Bertz CT molecular complexity index is 456. The Hall–Kier alpha value is -0.710. The molecule has 2 fully saturated rings. The molecule has 2 saturated heterocycles. The van der Waals surface area contributed by atoms with E-state index in [0.717, 1.165) is 37.4 Å². The maximum absolute atomic E-state index is 6.18. The molecule has 2 N–H and O–H groups in total. The zero-order valence-corrected chi connectivity index (χ0v) is 13.5. The highest BCUT2D eigenvalue weighted by molar-refractivity contribution is 7.99. The molecule has 2 aliphatic rings. The molecule has 0 aromatic heterocycles. The van der Waals surface area contributed by atoms with E-state index in [-0.39, 0.29) is 17.7 Å². The minimum absolute atomic E-state index is 0.0814. The van der Waals surface area contributed by atoms with Crippen LogP contribution in [0.5, 0.6) is 5.75 Å². The lowest BCUT2D eigenvalue weighted by Gasteiger charge is -2.37. The minimum Gasteiger partial charge on any atom is -0.490 e. The summed E-state index contributed by atoms with van der Waals surface area (Å²) in [6.45, 7) is 2.93. The quantitative estimate of drug-likeness (QED) is 0.924. The second kappa shape index (κ2) is 6.59. The average molecular weight is 307 g/mol. The maximum atomic E-state index is 6.18. The molecule has 0 aliphatic carbocycles. The van der Waals surface area contributed by atoms with Crippen LogP contribution < -0.4 is 10.5 Å². The van der Waals surface area contributed by atoms with Gasteiger partial charge in [0.25, 0.3) is 0 Å². The molecule has 3 atom stereocenters. The lowest BCUT2D eigenvalue weighted by atomic mass is 9.91. The molecule has 2 aliphatic heterocycles. The van der Waals surface area contributed by atoms with Crippen LogP contribution in [0, 0.1) is 0 Å². The third kappa shape index (κ3) is 3.55. The summed E-state index contributed by atoms with van der Waals surface area (Å²) in [6.07, 6.45) is 4.42. The number of rotatable bonds is 4. The number of ether oxygens (including phenoxy) is 2. The van der Waals surface area contributed by atoms with Crippen LogP contribution in [0.15, 0.2) is 24.3 Å². The number of hydrogen-bond donors (Lipinski definition) is 1. The van der Waals surface area contributed by atoms with Crippen molar-refractivity contribution in [2.45, 2.75) is 50.4 Å². The van der Waals surface area contributed by atoms with E-state index in [0.29, 0.717) is 0 Å². The zero-order chi connectivity index (χ0) is 14.7. The number of hydrogen-bond acceptors (Lipinski definition) is 4. The summed E-state index contributed by atoms with van der Waals surface area (Å²) in [5.74, 6) is 3.29. The molecular weight excluding hydrogens is 282 g/mol. The Balaban J connectivity index is 1.60. The van der Waals surface area contributed by atoms with Gasteiger partial charge in [-0.25, -0.2) is 0 Å². The average Bonchev–Trinajstić information content (AvgIpc) is 2.95. The fraction of sp³-hybridized carbons (Fsp3) is 0.647. The van der Waals surface area contributed by atoms with Crippen molar-refractivity contribution >= 4 is 11.8 Å². The predicted molar refractivity (Wildman–Crippen MR) is 87.9 cm³/mol. The van der Waals surface area contributed by atoms with Crippen LogP contribution in [-0.2, 0) is 4.74 Å². The molecule has 116 valence electrons. The Morgan fingerprint density at radius 3 is 2.90 bits per heavy atom. The van der Waals surface area contributed by atoms with Crippen molar-refractivity contribution < 1.29 is 9.47 Å². The van der Waals surface area contributed by atoms with Gasteiger partial charge in [0.2, 0.25) is 0 Å². The second-order valence-electron chi connectivity index (χ2n) is 6.15. The SMILES string of the molecule is CC[C@H](N)c1ccc(OC2CCOC3(CCSC3)C2)cc1. The van der Waals surface area contributed by atoms with Gasteiger partial charge in [0.15, 0.2) is 0 Å². The fourth-order valence-electron chi connectivity index (χ4n) is 3.17. The normalized spacial score (nSPS) is 30.5. The highest BCUT2D eigenvalue weighted by atomic mass is 32.2. The molecule has 1 aromatic carbocycles. The Labute approximate surface area is 131 Å². The third-order valence-corrected chi connectivity index (χ3v) is 5.79. The molecule has 2 unspecified atom stereocenters. The number of benzene rings is 1. The highest BCUT2D eigenvalue weighted by Gasteiger charge is 2.41. The standard InChI is InChI=1S/C17H25NO2S/c1-2-16(18)13-3-5-14(6-4-13)20-15-7-9-19-17(11-15)8-10-21-12-17/h3-6,15-16H,2,7-12,18H2,1H3/t15?,16-,17?/m0/s1. The molecule has 0 saturated carbocycles. The van der Waals surface area contributed by atoms with Crippen molar-refractivity contribution in [3.05, 3.63) is 29.8 Å². The molecule has 1 spiro atoms. The monoisotopic (exact) mass is 307 g/mol. The van der Waals surface area contributed by atoms with E-state index < -0.39 is 0 Å². The fourth-order valence-corrected chi connectivity index (χ4v) is 4.55. The van der Waals surface area contributed by atoms with Crippen LogP contribution in [0.1, 0.15) is 44.2 Å². The summed E-state index contributed by atoms with van der Waals surface area (Å²) in [6, 6.07) is 8.40. The molecule has 4 heteroatoms. The van der Waals surface area contributed by atoms with E-state index in [4.69, 9.17) is 15.2 Å².